The normalized spacial score (nSPS) is 13.5. The minimum Gasteiger partial charge on any atom is -0.390 e. The minimum atomic E-state index is -0.0137. The van der Waals surface area contributed by atoms with Crippen molar-refractivity contribution >= 4 is 0 Å². The number of rotatable bonds is 5. The Morgan fingerprint density at radius 2 is 2.00 bits per heavy atom. The fourth-order valence-corrected chi connectivity index (χ4v) is 1.57. The van der Waals surface area contributed by atoms with Crippen LogP contribution in [0.5, 0.6) is 0 Å². The number of aliphatic hydroxyl groups excluding tert-OH is 1. The number of hydrogen-bond donors (Lipinski definition) is 1. The van der Waals surface area contributed by atoms with Crippen molar-refractivity contribution < 1.29 is 5.11 Å². The fraction of sp³-hybridized carbons (Fsp3) is 0.818. The van der Waals surface area contributed by atoms with Crippen molar-refractivity contribution in [1.82, 2.24) is 15.0 Å². The van der Waals surface area contributed by atoms with Crippen molar-refractivity contribution in [3.05, 3.63) is 11.4 Å². The maximum atomic E-state index is 9.16. The Kier molecular flexibility index (Phi) is 4.27. The van der Waals surface area contributed by atoms with E-state index in [2.05, 4.69) is 38.0 Å². The van der Waals surface area contributed by atoms with E-state index in [9.17, 15) is 0 Å². The van der Waals surface area contributed by atoms with Gasteiger partial charge in [0, 0.05) is 0 Å². The van der Waals surface area contributed by atoms with Crippen molar-refractivity contribution in [3.63, 3.8) is 0 Å². The third-order valence-electron chi connectivity index (χ3n) is 2.86. The maximum Gasteiger partial charge on any atom is 0.111 e. The van der Waals surface area contributed by atoms with Crippen LogP contribution in [0, 0.1) is 5.92 Å². The van der Waals surface area contributed by atoms with E-state index in [4.69, 9.17) is 5.11 Å². The van der Waals surface area contributed by atoms with E-state index in [0.717, 1.165) is 24.2 Å². The third kappa shape index (κ3) is 2.56. The van der Waals surface area contributed by atoms with E-state index >= 15 is 0 Å². The van der Waals surface area contributed by atoms with Crippen molar-refractivity contribution in [2.24, 2.45) is 5.92 Å². The second-order valence-corrected chi connectivity index (χ2v) is 4.32. The number of aromatic nitrogens is 3. The molecule has 15 heavy (non-hydrogen) atoms. The molecule has 4 nitrogen and oxygen atoms in total. The number of hydrogen-bond acceptors (Lipinski definition) is 3. The van der Waals surface area contributed by atoms with Crippen molar-refractivity contribution in [2.45, 2.75) is 53.2 Å². The summed E-state index contributed by atoms with van der Waals surface area (Å²) in [5.41, 5.74) is 1.81. The molecule has 0 radical (unpaired) electrons. The first-order valence-corrected chi connectivity index (χ1v) is 5.65. The van der Waals surface area contributed by atoms with Crippen molar-refractivity contribution in [1.29, 1.82) is 0 Å². The van der Waals surface area contributed by atoms with E-state index in [1.165, 1.54) is 0 Å². The van der Waals surface area contributed by atoms with E-state index in [1.54, 1.807) is 0 Å². The van der Waals surface area contributed by atoms with Gasteiger partial charge in [-0.3, -0.25) is 0 Å². The van der Waals surface area contributed by atoms with Gasteiger partial charge in [-0.25, -0.2) is 4.68 Å². The Morgan fingerprint density at radius 3 is 2.47 bits per heavy atom. The smallest absolute Gasteiger partial charge is 0.111 e. The van der Waals surface area contributed by atoms with Crippen LogP contribution in [-0.2, 0) is 13.0 Å². The molecule has 86 valence electrons. The summed E-state index contributed by atoms with van der Waals surface area (Å²) in [7, 11) is 0. The van der Waals surface area contributed by atoms with Crippen LogP contribution >= 0.6 is 0 Å². The summed E-state index contributed by atoms with van der Waals surface area (Å²) in [5, 5.41) is 17.3. The Balaban J connectivity index is 3.01. The lowest BCUT2D eigenvalue weighted by Gasteiger charge is -2.18. The Labute approximate surface area is 91.3 Å². The van der Waals surface area contributed by atoms with Gasteiger partial charge >= 0.3 is 0 Å². The molecule has 1 N–H and O–H groups in total. The summed E-state index contributed by atoms with van der Waals surface area (Å²) >= 11 is 0. The van der Waals surface area contributed by atoms with Crippen LogP contribution in [0.4, 0.5) is 0 Å². The van der Waals surface area contributed by atoms with Gasteiger partial charge < -0.3 is 5.11 Å². The molecule has 1 unspecified atom stereocenters. The third-order valence-corrected chi connectivity index (χ3v) is 2.86. The summed E-state index contributed by atoms with van der Waals surface area (Å²) in [4.78, 5) is 0. The average Bonchev–Trinajstić information content (AvgIpc) is 2.60. The molecule has 0 amide bonds. The first-order valence-electron chi connectivity index (χ1n) is 5.65. The molecule has 0 fully saturated rings. The summed E-state index contributed by atoms with van der Waals surface area (Å²) in [6, 6.07) is 0.333. The molecule has 0 bridgehead atoms. The highest BCUT2D eigenvalue weighted by Gasteiger charge is 2.17. The summed E-state index contributed by atoms with van der Waals surface area (Å²) in [6.45, 7) is 8.58. The van der Waals surface area contributed by atoms with E-state index in [1.807, 2.05) is 4.68 Å². The molecule has 0 spiro atoms. The molecule has 1 rings (SSSR count). The van der Waals surface area contributed by atoms with E-state index in [0.29, 0.717) is 12.0 Å². The maximum absolute atomic E-state index is 9.16. The predicted molar refractivity (Wildman–Crippen MR) is 59.5 cm³/mol. The average molecular weight is 211 g/mol. The van der Waals surface area contributed by atoms with Crippen LogP contribution in [0.15, 0.2) is 0 Å². The van der Waals surface area contributed by atoms with Crippen LogP contribution < -0.4 is 0 Å². The van der Waals surface area contributed by atoms with E-state index < -0.39 is 0 Å². The van der Waals surface area contributed by atoms with Gasteiger partial charge in [0.05, 0.1) is 18.3 Å². The molecule has 1 atom stereocenters. The van der Waals surface area contributed by atoms with Crippen LogP contribution in [0.3, 0.4) is 0 Å². The van der Waals surface area contributed by atoms with Crippen LogP contribution in [0.25, 0.3) is 0 Å². The lowest BCUT2D eigenvalue weighted by Crippen LogP contribution is -2.16. The van der Waals surface area contributed by atoms with Gasteiger partial charge in [-0.2, -0.15) is 0 Å². The van der Waals surface area contributed by atoms with Crippen molar-refractivity contribution in [3.8, 4) is 0 Å². The predicted octanol–water partition coefficient (Wildman–Crippen LogP) is 1.94. The highest BCUT2D eigenvalue weighted by Crippen LogP contribution is 2.20. The van der Waals surface area contributed by atoms with Gasteiger partial charge in [0.2, 0.25) is 0 Å². The zero-order chi connectivity index (χ0) is 11.4. The van der Waals surface area contributed by atoms with Gasteiger partial charge in [-0.1, -0.05) is 32.4 Å². The molecule has 1 heterocycles. The summed E-state index contributed by atoms with van der Waals surface area (Å²) in [6.07, 6.45) is 1.98. The first-order chi connectivity index (χ1) is 7.11. The standard InChI is InChI=1S/C11H21N3O/c1-5-6-11-10(7-15)12-13-14(11)9(4)8(2)3/h8-9,15H,5-7H2,1-4H3. The molecule has 4 heteroatoms. The SMILES string of the molecule is CCCc1c(CO)nnn1C(C)C(C)C. The molecule has 0 aliphatic carbocycles. The lowest BCUT2D eigenvalue weighted by atomic mass is 10.1. The van der Waals surface area contributed by atoms with Crippen LogP contribution in [0.1, 0.15) is 51.5 Å². The van der Waals surface area contributed by atoms with Crippen LogP contribution in [0.2, 0.25) is 0 Å². The molecule has 1 aromatic rings. The molecule has 0 saturated heterocycles. The highest BCUT2D eigenvalue weighted by atomic mass is 16.3. The van der Waals surface area contributed by atoms with Gasteiger partial charge in [0.1, 0.15) is 5.69 Å². The zero-order valence-corrected chi connectivity index (χ0v) is 10.1. The van der Waals surface area contributed by atoms with Gasteiger partial charge in [-0.05, 0) is 19.3 Å². The summed E-state index contributed by atoms with van der Waals surface area (Å²) < 4.78 is 1.96. The van der Waals surface area contributed by atoms with Crippen LogP contribution in [-0.4, -0.2) is 20.1 Å². The zero-order valence-electron chi connectivity index (χ0n) is 10.1. The molecule has 1 aromatic heterocycles. The lowest BCUT2D eigenvalue weighted by molar-refractivity contribution is 0.275. The Morgan fingerprint density at radius 1 is 1.33 bits per heavy atom. The highest BCUT2D eigenvalue weighted by molar-refractivity contribution is 5.10. The number of aliphatic hydroxyl groups is 1. The summed E-state index contributed by atoms with van der Waals surface area (Å²) in [5.74, 6) is 0.522. The topological polar surface area (TPSA) is 50.9 Å². The Hall–Kier alpha value is -0.900. The molecular formula is C11H21N3O. The second-order valence-electron chi connectivity index (χ2n) is 4.32. The fourth-order valence-electron chi connectivity index (χ4n) is 1.57. The Bertz CT molecular complexity index is 307. The number of nitrogens with zero attached hydrogens (tertiary/aromatic N) is 3. The van der Waals surface area contributed by atoms with Gasteiger partial charge in [0.25, 0.3) is 0 Å². The molecule has 0 aliphatic heterocycles. The molecule has 0 saturated carbocycles. The van der Waals surface area contributed by atoms with Gasteiger partial charge in [0.15, 0.2) is 0 Å². The molecule has 0 aromatic carbocycles. The monoisotopic (exact) mass is 211 g/mol. The molecule has 0 aliphatic rings. The second kappa shape index (κ2) is 5.26. The quantitative estimate of drug-likeness (QED) is 0.809. The van der Waals surface area contributed by atoms with E-state index in [-0.39, 0.29) is 6.61 Å². The van der Waals surface area contributed by atoms with Gasteiger partial charge in [-0.15, -0.1) is 5.10 Å². The largest absolute Gasteiger partial charge is 0.390 e. The minimum absolute atomic E-state index is 0.0137. The molecular weight excluding hydrogens is 190 g/mol. The first kappa shape index (κ1) is 12.2. The van der Waals surface area contributed by atoms with Crippen molar-refractivity contribution in [2.75, 3.05) is 0 Å².